The molecule has 286 valence electrons. The molecule has 0 N–H and O–H groups in total. The van der Waals surface area contributed by atoms with Crippen LogP contribution in [0.3, 0.4) is 0 Å². The van der Waals surface area contributed by atoms with Gasteiger partial charge in [-0.3, -0.25) is 33.6 Å². The van der Waals surface area contributed by atoms with Gasteiger partial charge >= 0.3 is 0 Å². The number of rotatable bonds is 2. The van der Waals surface area contributed by atoms with E-state index in [0.29, 0.717) is 11.6 Å². The zero-order chi connectivity index (χ0) is 26.7. The highest BCUT2D eigenvalue weighted by molar-refractivity contribution is 6.35. The Morgan fingerprint density at radius 3 is 0.978 bits per heavy atom. The van der Waals surface area contributed by atoms with Gasteiger partial charge in [0.15, 0.2) is 23.1 Å². The molecule has 0 radical (unpaired) electrons. The van der Waals surface area contributed by atoms with E-state index >= 15 is 0 Å². The summed E-state index contributed by atoms with van der Waals surface area (Å²) < 4.78 is 0. The fraction of sp³-hybridized carbons (Fsp3) is 0.718. The number of ketones is 7. The Balaban J connectivity index is -0.0000000218. The van der Waals surface area contributed by atoms with Gasteiger partial charge in [-0.05, 0) is 65.0 Å². The molecule has 46 heavy (non-hydrogen) atoms. The van der Waals surface area contributed by atoms with Crippen LogP contribution in [0.5, 0.6) is 0 Å². The Morgan fingerprint density at radius 1 is 0.522 bits per heavy atom. The summed E-state index contributed by atoms with van der Waals surface area (Å²) in [7, 11) is 0. The van der Waals surface area contributed by atoms with Gasteiger partial charge in [0, 0.05) is 33.1 Å². The minimum Gasteiger partial charge on any atom is -0.300 e. The van der Waals surface area contributed by atoms with Gasteiger partial charge < -0.3 is 0 Å². The largest absolute Gasteiger partial charge is 0.300 e. The lowest BCUT2D eigenvalue weighted by atomic mass is 9.97. The molecule has 7 heteroatoms. The third-order valence-electron chi connectivity index (χ3n) is 4.69. The van der Waals surface area contributed by atoms with Crippen molar-refractivity contribution >= 4 is 40.5 Å². The van der Waals surface area contributed by atoms with Crippen molar-refractivity contribution in [1.82, 2.24) is 0 Å². The zero-order valence-electron chi connectivity index (χ0n) is 21.6. The summed E-state index contributed by atoms with van der Waals surface area (Å²) in [5.41, 5.74) is 2.02. The molecule has 0 aliphatic heterocycles. The van der Waals surface area contributed by atoms with Crippen molar-refractivity contribution in [2.75, 3.05) is 0 Å². The van der Waals surface area contributed by atoms with Crippen molar-refractivity contribution < 1.29 is 33.6 Å². The predicted octanol–water partition coefficient (Wildman–Crippen LogP) is 12.5. The van der Waals surface area contributed by atoms with Crippen molar-refractivity contribution in [3.63, 3.8) is 0 Å². The first kappa shape index (κ1) is 90.2. The van der Waals surface area contributed by atoms with Crippen LogP contribution in [-0.2, 0) is 33.6 Å². The molecule has 3 aliphatic carbocycles. The van der Waals surface area contributed by atoms with Crippen LogP contribution in [0.4, 0.5) is 0 Å². The topological polar surface area (TPSA) is 119 Å². The molecule has 0 aromatic rings. The third-order valence-corrected chi connectivity index (χ3v) is 4.69. The van der Waals surface area contributed by atoms with Crippen LogP contribution in [0.15, 0.2) is 23.3 Å². The van der Waals surface area contributed by atoms with Crippen molar-refractivity contribution in [2.24, 2.45) is 0 Å². The number of Topliss-reactive ketones (excluding diaryl/α,β-unsaturated/α-hetero) is 6. The molecule has 0 aromatic carbocycles. The molecule has 7 nitrogen and oxygen atoms in total. The predicted molar refractivity (Wildman–Crippen MR) is 212 cm³/mol. The monoisotopic (exact) mass is 669 g/mol. The molecule has 0 spiro atoms. The molecule has 2 saturated carbocycles. The van der Waals surface area contributed by atoms with Crippen molar-refractivity contribution in [1.29, 1.82) is 0 Å². The van der Waals surface area contributed by atoms with E-state index in [1.54, 1.807) is 13.0 Å². The second kappa shape index (κ2) is 54.6. The summed E-state index contributed by atoms with van der Waals surface area (Å²) in [5, 5.41) is 0. The summed E-state index contributed by atoms with van der Waals surface area (Å²) in [6, 6.07) is 0. The Hall–Kier alpha value is -2.83. The average molecular weight is 669 g/mol. The molecule has 0 aromatic heterocycles. The molecule has 2 fully saturated rings. The van der Waals surface area contributed by atoms with Crippen LogP contribution in [0, 0.1) is 0 Å². The molecule has 0 heterocycles. The second-order valence-electron chi connectivity index (χ2n) is 8.68. The van der Waals surface area contributed by atoms with E-state index in [9.17, 15) is 33.6 Å². The maximum atomic E-state index is 10.7. The summed E-state index contributed by atoms with van der Waals surface area (Å²) >= 11 is 0. The van der Waals surface area contributed by atoms with E-state index in [2.05, 4.69) is 0 Å². The minimum absolute atomic E-state index is 0. The summed E-state index contributed by atoms with van der Waals surface area (Å²) in [6.45, 7) is 9.75. The minimum atomic E-state index is -0.380. The summed E-state index contributed by atoms with van der Waals surface area (Å²) in [4.78, 5) is 70.7. The summed E-state index contributed by atoms with van der Waals surface area (Å²) in [5.74, 6) is 0.326. The molecule has 0 unspecified atom stereocenters. The Kier molecular flexibility index (Phi) is 107. The van der Waals surface area contributed by atoms with Gasteiger partial charge in [-0.15, -0.1) is 0 Å². The fourth-order valence-electron chi connectivity index (χ4n) is 2.63. The second-order valence-corrected chi connectivity index (χ2v) is 8.68. The van der Waals surface area contributed by atoms with Crippen LogP contribution in [-0.4, -0.2) is 40.5 Å². The van der Waals surface area contributed by atoms with E-state index in [4.69, 9.17) is 0 Å². The number of carbonyl (C=O) groups is 7. The molecular formula is C39H88O7. The Morgan fingerprint density at radius 2 is 0.870 bits per heavy atom. The van der Waals surface area contributed by atoms with E-state index in [-0.39, 0.29) is 131 Å². The summed E-state index contributed by atoms with van der Waals surface area (Å²) in [6.07, 6.45) is 12.2. The van der Waals surface area contributed by atoms with Gasteiger partial charge in [-0.25, -0.2) is 0 Å². The highest BCUT2D eigenvalue weighted by Gasteiger charge is 2.21. The number of hydrogen-bond donors (Lipinski definition) is 0. The quantitative estimate of drug-likeness (QED) is 0.163. The normalized spacial score (nSPS) is 11.9. The molecule has 0 saturated heterocycles. The average Bonchev–Trinajstić information content (AvgIpc) is 2.71. The number of allylic oxidation sites excluding steroid dienone is 4. The lowest BCUT2D eigenvalue weighted by Crippen LogP contribution is -2.21. The first-order chi connectivity index (χ1) is 15.8. The van der Waals surface area contributed by atoms with Gasteiger partial charge in [-0.2, -0.15) is 0 Å². The molecular weight excluding hydrogens is 580 g/mol. The van der Waals surface area contributed by atoms with Crippen LogP contribution in [0.2, 0.25) is 0 Å². The van der Waals surface area contributed by atoms with E-state index in [1.165, 1.54) is 20.3 Å². The highest BCUT2D eigenvalue weighted by atomic mass is 16.2. The number of carbonyl (C=O) groups excluding carboxylic acids is 7. The van der Waals surface area contributed by atoms with Crippen LogP contribution in [0.25, 0.3) is 0 Å². The van der Waals surface area contributed by atoms with Crippen molar-refractivity contribution in [2.45, 2.75) is 195 Å². The van der Waals surface area contributed by atoms with E-state index in [1.807, 2.05) is 26.8 Å². The van der Waals surface area contributed by atoms with Gasteiger partial charge in [0.2, 0.25) is 0 Å². The maximum absolute atomic E-state index is 10.7. The van der Waals surface area contributed by atoms with Gasteiger partial charge in [0.05, 0.1) is 12.8 Å². The van der Waals surface area contributed by atoms with Crippen LogP contribution < -0.4 is 0 Å². The molecule has 0 atom stereocenters. The van der Waals surface area contributed by atoms with Crippen molar-refractivity contribution in [3.05, 3.63) is 23.3 Å². The molecule has 3 aliphatic rings. The zero-order valence-corrected chi connectivity index (χ0v) is 21.6. The fourth-order valence-corrected chi connectivity index (χ4v) is 2.63. The molecule has 0 amide bonds. The Labute approximate surface area is 291 Å². The van der Waals surface area contributed by atoms with E-state index in [0.717, 1.165) is 56.1 Å². The van der Waals surface area contributed by atoms with E-state index < -0.39 is 0 Å². The van der Waals surface area contributed by atoms with Crippen LogP contribution >= 0.6 is 0 Å². The van der Waals surface area contributed by atoms with Crippen LogP contribution in [0.1, 0.15) is 195 Å². The molecule has 0 bridgehead atoms. The van der Waals surface area contributed by atoms with Gasteiger partial charge in [0.1, 0.15) is 17.3 Å². The first-order valence-electron chi connectivity index (χ1n) is 11.7. The lowest BCUT2D eigenvalue weighted by molar-refractivity contribution is -0.137. The smallest absolute Gasteiger partial charge is 0.195 e. The Bertz CT molecular complexity index is 770. The number of hydrogen-bond acceptors (Lipinski definition) is 7. The van der Waals surface area contributed by atoms with Gasteiger partial charge in [0.25, 0.3) is 0 Å². The SMILES string of the molecule is C.C.C.C.C.C.C.C.C.C.C.C.CC(=O)C(C)=O.CC(=O)C=C(C)C.CC1=CCCCC1=O.O=C1CC(=O)C1.O=C1CCCCC1. The first-order valence-corrected chi connectivity index (χ1v) is 11.7. The van der Waals surface area contributed by atoms with Gasteiger partial charge in [-0.1, -0.05) is 107 Å². The molecule has 3 rings (SSSR count). The standard InChI is InChI=1S/C7H10O.2C6H10O.C4H4O2.C4H6O2.12CH4/c1-6-4-2-3-5-7(6)8;7-6-4-2-1-3-5-6;1-5(2)4-6(3)7;5-3-1-4(6)2-3;1-3(5)4(2)6;;;;;;;;;;;;/h4H,2-3,5H2,1H3;1-5H2;4H,1-3H3;1-2H2;1-2H3;12*1H4. The highest BCUT2D eigenvalue weighted by Crippen LogP contribution is 2.12. The third kappa shape index (κ3) is 64.2. The maximum Gasteiger partial charge on any atom is 0.195 e. The lowest BCUT2D eigenvalue weighted by Gasteiger charge is -2.05. The van der Waals surface area contributed by atoms with Crippen molar-refractivity contribution in [3.8, 4) is 0 Å².